The van der Waals surface area contributed by atoms with Gasteiger partial charge in [-0.2, -0.15) is 5.26 Å². The second kappa shape index (κ2) is 4.27. The Labute approximate surface area is 77.2 Å². The Morgan fingerprint density at radius 2 is 2.08 bits per heavy atom. The Morgan fingerprint density at radius 1 is 1.46 bits per heavy atom. The maximum atomic E-state index is 10.3. The van der Waals surface area contributed by atoms with E-state index in [9.17, 15) is 4.79 Å². The van der Waals surface area contributed by atoms with E-state index in [1.165, 1.54) is 0 Å². The van der Waals surface area contributed by atoms with Crippen LogP contribution >= 0.6 is 0 Å². The van der Waals surface area contributed by atoms with Crippen molar-refractivity contribution >= 4 is 6.41 Å². The highest BCUT2D eigenvalue weighted by Crippen LogP contribution is 2.04. The first-order valence-corrected chi connectivity index (χ1v) is 3.91. The molecule has 0 spiro atoms. The van der Waals surface area contributed by atoms with Crippen LogP contribution in [0.4, 0.5) is 0 Å². The van der Waals surface area contributed by atoms with Crippen LogP contribution in [0, 0.1) is 11.3 Å². The van der Waals surface area contributed by atoms with Crippen molar-refractivity contribution in [2.45, 2.75) is 6.54 Å². The minimum atomic E-state index is 0.579. The minimum Gasteiger partial charge on any atom is -0.344 e. The van der Waals surface area contributed by atoms with Crippen molar-refractivity contribution in [3.63, 3.8) is 0 Å². The van der Waals surface area contributed by atoms with Crippen LogP contribution in [0.5, 0.6) is 0 Å². The van der Waals surface area contributed by atoms with Crippen LogP contribution in [0.2, 0.25) is 0 Å². The summed E-state index contributed by atoms with van der Waals surface area (Å²) in [5.74, 6) is 0. The van der Waals surface area contributed by atoms with Crippen molar-refractivity contribution in [2.24, 2.45) is 0 Å². The zero-order chi connectivity index (χ0) is 9.68. The maximum absolute atomic E-state index is 10.3. The van der Waals surface area contributed by atoms with Crippen LogP contribution in [0.25, 0.3) is 0 Å². The fraction of sp³-hybridized carbons (Fsp3) is 0.200. The number of carbonyl (C=O) groups is 1. The third-order valence-electron chi connectivity index (χ3n) is 1.69. The van der Waals surface area contributed by atoms with Crippen molar-refractivity contribution in [1.29, 1.82) is 5.26 Å². The lowest BCUT2D eigenvalue weighted by molar-refractivity contribution is -0.117. The van der Waals surface area contributed by atoms with E-state index in [-0.39, 0.29) is 0 Å². The minimum absolute atomic E-state index is 0.579. The summed E-state index contributed by atoms with van der Waals surface area (Å²) in [6.07, 6.45) is 0.776. The van der Waals surface area contributed by atoms with Crippen LogP contribution < -0.4 is 0 Å². The Kier molecular flexibility index (Phi) is 3.04. The van der Waals surface area contributed by atoms with Gasteiger partial charge in [0.05, 0.1) is 11.6 Å². The molecule has 0 N–H and O–H groups in total. The number of amides is 1. The molecule has 0 aromatic heterocycles. The Bertz CT molecular complexity index is 324. The van der Waals surface area contributed by atoms with Crippen LogP contribution in [-0.4, -0.2) is 18.4 Å². The number of hydrogen-bond acceptors (Lipinski definition) is 2. The first-order chi connectivity index (χ1) is 6.26. The van der Waals surface area contributed by atoms with Crippen molar-refractivity contribution in [2.75, 3.05) is 7.05 Å². The summed E-state index contributed by atoms with van der Waals surface area (Å²) in [5.41, 5.74) is 1.66. The number of nitrogens with zero attached hydrogens (tertiary/aromatic N) is 2. The molecule has 1 rings (SSSR count). The van der Waals surface area contributed by atoms with Gasteiger partial charge in [-0.25, -0.2) is 0 Å². The average molecular weight is 174 g/mol. The van der Waals surface area contributed by atoms with E-state index in [0.29, 0.717) is 12.1 Å². The molecule has 1 aromatic rings. The lowest BCUT2D eigenvalue weighted by atomic mass is 10.1. The van der Waals surface area contributed by atoms with Crippen LogP contribution in [0.1, 0.15) is 11.1 Å². The van der Waals surface area contributed by atoms with Gasteiger partial charge in [-0.3, -0.25) is 4.79 Å². The molecule has 0 aliphatic carbocycles. The number of carbonyl (C=O) groups excluding carboxylic acids is 1. The van der Waals surface area contributed by atoms with Gasteiger partial charge in [-0.05, 0) is 17.7 Å². The van der Waals surface area contributed by atoms with Gasteiger partial charge in [0.1, 0.15) is 0 Å². The van der Waals surface area contributed by atoms with Gasteiger partial charge in [0.15, 0.2) is 0 Å². The predicted octanol–water partition coefficient (Wildman–Crippen LogP) is 1.15. The molecular weight excluding hydrogens is 164 g/mol. The summed E-state index contributed by atoms with van der Waals surface area (Å²) in [5, 5.41) is 8.54. The molecule has 0 aliphatic heterocycles. The first-order valence-electron chi connectivity index (χ1n) is 3.91. The highest BCUT2D eigenvalue weighted by molar-refractivity contribution is 5.46. The normalized spacial score (nSPS) is 8.92. The topological polar surface area (TPSA) is 44.1 Å². The molecule has 0 saturated carbocycles. The molecule has 1 aromatic carbocycles. The van der Waals surface area contributed by atoms with Gasteiger partial charge in [0.25, 0.3) is 0 Å². The molecular formula is C10H10N2O. The third kappa shape index (κ3) is 2.60. The summed E-state index contributed by atoms with van der Waals surface area (Å²) in [6.45, 7) is 0.579. The second-order valence-corrected chi connectivity index (χ2v) is 2.83. The molecule has 0 fully saturated rings. The molecule has 13 heavy (non-hydrogen) atoms. The second-order valence-electron chi connectivity index (χ2n) is 2.83. The lowest BCUT2D eigenvalue weighted by Gasteiger charge is -2.09. The number of benzene rings is 1. The largest absolute Gasteiger partial charge is 0.344 e. The molecule has 0 atom stereocenters. The monoisotopic (exact) mass is 174 g/mol. The quantitative estimate of drug-likeness (QED) is 0.645. The number of hydrogen-bond donors (Lipinski definition) is 0. The molecule has 66 valence electrons. The smallest absolute Gasteiger partial charge is 0.209 e. The van der Waals surface area contributed by atoms with Gasteiger partial charge >= 0.3 is 0 Å². The zero-order valence-electron chi connectivity index (χ0n) is 7.40. The van der Waals surface area contributed by atoms with E-state index in [4.69, 9.17) is 5.26 Å². The van der Waals surface area contributed by atoms with Crippen LogP contribution in [-0.2, 0) is 11.3 Å². The maximum Gasteiger partial charge on any atom is 0.209 e. The van der Waals surface area contributed by atoms with Crippen molar-refractivity contribution in [3.8, 4) is 6.07 Å². The molecule has 0 bridgehead atoms. The van der Waals surface area contributed by atoms with Gasteiger partial charge < -0.3 is 4.90 Å². The van der Waals surface area contributed by atoms with Gasteiger partial charge in [-0.15, -0.1) is 0 Å². The van der Waals surface area contributed by atoms with E-state index in [1.54, 1.807) is 24.1 Å². The SMILES string of the molecule is CN(C=O)Cc1ccc(C#N)cc1. The third-order valence-corrected chi connectivity index (χ3v) is 1.69. The van der Waals surface area contributed by atoms with E-state index in [2.05, 4.69) is 0 Å². The predicted molar refractivity (Wildman–Crippen MR) is 48.7 cm³/mol. The van der Waals surface area contributed by atoms with E-state index < -0.39 is 0 Å². The van der Waals surface area contributed by atoms with Crippen molar-refractivity contribution in [1.82, 2.24) is 4.90 Å². The Hall–Kier alpha value is -1.82. The number of nitriles is 1. The highest BCUT2D eigenvalue weighted by atomic mass is 16.1. The van der Waals surface area contributed by atoms with Gasteiger partial charge in [0, 0.05) is 13.6 Å². The Balaban J connectivity index is 2.70. The van der Waals surface area contributed by atoms with Gasteiger partial charge in [0.2, 0.25) is 6.41 Å². The first kappa shape index (κ1) is 9.27. The summed E-state index contributed by atoms with van der Waals surface area (Å²) >= 11 is 0. The van der Waals surface area contributed by atoms with E-state index >= 15 is 0 Å². The number of rotatable bonds is 3. The van der Waals surface area contributed by atoms with Crippen molar-refractivity contribution in [3.05, 3.63) is 35.4 Å². The molecule has 3 nitrogen and oxygen atoms in total. The molecule has 0 heterocycles. The lowest BCUT2D eigenvalue weighted by Crippen LogP contribution is -2.14. The molecule has 0 radical (unpaired) electrons. The molecule has 0 unspecified atom stereocenters. The Morgan fingerprint density at radius 3 is 2.54 bits per heavy atom. The average Bonchev–Trinajstić information content (AvgIpc) is 2.19. The van der Waals surface area contributed by atoms with Crippen molar-refractivity contribution < 1.29 is 4.79 Å². The molecule has 0 saturated heterocycles. The standard InChI is InChI=1S/C10H10N2O/c1-12(8-13)7-10-4-2-9(6-11)3-5-10/h2-5,8H,7H2,1H3. The molecule has 0 aliphatic rings. The van der Waals surface area contributed by atoms with E-state index in [1.807, 2.05) is 18.2 Å². The highest BCUT2D eigenvalue weighted by Gasteiger charge is 1.96. The zero-order valence-corrected chi connectivity index (χ0v) is 7.40. The summed E-state index contributed by atoms with van der Waals surface area (Å²) in [7, 11) is 1.71. The molecule has 1 amide bonds. The summed E-state index contributed by atoms with van der Waals surface area (Å²) < 4.78 is 0. The fourth-order valence-electron chi connectivity index (χ4n) is 1.01. The van der Waals surface area contributed by atoms with Crippen LogP contribution in [0.3, 0.4) is 0 Å². The summed E-state index contributed by atoms with van der Waals surface area (Å²) in [6, 6.07) is 9.22. The fourth-order valence-corrected chi connectivity index (χ4v) is 1.01. The summed E-state index contributed by atoms with van der Waals surface area (Å²) in [4.78, 5) is 11.8. The van der Waals surface area contributed by atoms with Gasteiger partial charge in [-0.1, -0.05) is 12.1 Å². The van der Waals surface area contributed by atoms with Crippen LogP contribution in [0.15, 0.2) is 24.3 Å². The van der Waals surface area contributed by atoms with E-state index in [0.717, 1.165) is 12.0 Å². The molecule has 3 heteroatoms.